The molecule has 0 bridgehead atoms. The molecule has 0 saturated heterocycles. The fourth-order valence-electron chi connectivity index (χ4n) is 2.21. The van der Waals surface area contributed by atoms with Crippen molar-refractivity contribution < 1.29 is 64.1 Å². The van der Waals surface area contributed by atoms with E-state index in [0.717, 1.165) is 14.7 Å². The molecule has 0 aliphatic heterocycles. The zero-order valence-corrected chi connectivity index (χ0v) is 24.0. The van der Waals surface area contributed by atoms with Gasteiger partial charge in [-0.3, -0.25) is 21.9 Å². The maximum Gasteiger partial charge on any atom is 1.00 e. The van der Waals surface area contributed by atoms with E-state index in [1.807, 2.05) is 59.8 Å². The monoisotopic (exact) mass is 636 g/mol. The van der Waals surface area contributed by atoms with Gasteiger partial charge in [-0.05, 0) is 53.3 Å². The van der Waals surface area contributed by atoms with Gasteiger partial charge in [0.15, 0.2) is 0 Å². The molecule has 0 fully saturated rings. The van der Waals surface area contributed by atoms with E-state index in [-0.39, 0.29) is 56.6 Å². The van der Waals surface area contributed by atoms with Gasteiger partial charge >= 0.3 is 29.6 Å². The number of rotatable bonds is 6. The van der Waals surface area contributed by atoms with Gasteiger partial charge in [-0.1, -0.05) is 48.0 Å². The quantitative estimate of drug-likeness (QED) is 0.164. The standard InChI is InChI=1S/C13H10INO3.C7H7ClNO2S.Na.3H2O/c14-12-8-11(15(16)17)6-7-13(12)18-9-10-4-2-1-3-5-10;1-6-2-4-7(5-3-6)12(10,11)9-8;;;;/h1-8H,9H2;2-5H,1H3;;3*1H2/q;-1;+1;;;. The van der Waals surface area contributed by atoms with Crippen LogP contribution in [-0.2, 0) is 16.6 Å². The van der Waals surface area contributed by atoms with E-state index in [4.69, 9.17) is 16.5 Å². The van der Waals surface area contributed by atoms with Crippen LogP contribution in [0.25, 0.3) is 4.24 Å². The SMILES string of the molecule is Cc1ccc(S(=O)(=O)[N-]Cl)cc1.O.O.O.O=[N+]([O-])c1ccc(OCc2ccccc2)c(I)c1.[Na+]. The number of hydrogen-bond acceptors (Lipinski definition) is 5. The summed E-state index contributed by atoms with van der Waals surface area (Å²) >= 11 is 6.94. The maximum absolute atomic E-state index is 11.0. The molecule has 10 nitrogen and oxygen atoms in total. The van der Waals surface area contributed by atoms with Crippen molar-refractivity contribution in [2.45, 2.75) is 18.4 Å². The van der Waals surface area contributed by atoms with Crippen LogP contribution in [0.5, 0.6) is 5.75 Å². The van der Waals surface area contributed by atoms with Crippen molar-refractivity contribution in [2.75, 3.05) is 0 Å². The molecule has 0 atom stereocenters. The van der Waals surface area contributed by atoms with E-state index in [1.54, 1.807) is 18.2 Å². The molecular formula is C20H23ClIN2NaO8S. The van der Waals surface area contributed by atoms with E-state index in [2.05, 4.69) is 4.24 Å². The van der Waals surface area contributed by atoms with E-state index in [9.17, 15) is 18.5 Å². The Morgan fingerprint density at radius 2 is 1.56 bits per heavy atom. The van der Waals surface area contributed by atoms with Crippen LogP contribution in [0.15, 0.2) is 77.7 Å². The Labute approximate surface area is 238 Å². The molecule has 6 N–H and O–H groups in total. The number of hydrogen-bond donors (Lipinski definition) is 0. The first-order chi connectivity index (χ1) is 14.2. The minimum absolute atomic E-state index is 0. The van der Waals surface area contributed by atoms with Crippen LogP contribution in [0.3, 0.4) is 0 Å². The van der Waals surface area contributed by atoms with Crippen LogP contribution in [0.1, 0.15) is 11.1 Å². The second kappa shape index (κ2) is 18.0. The first kappa shape index (κ1) is 37.2. The van der Waals surface area contributed by atoms with Gasteiger partial charge in [0.05, 0.1) is 8.49 Å². The minimum Gasteiger partial charge on any atom is -0.488 e. The molecule has 0 amide bonds. The van der Waals surface area contributed by atoms with Crippen LogP contribution < -0.4 is 34.3 Å². The van der Waals surface area contributed by atoms with Crippen molar-refractivity contribution in [3.05, 3.63) is 102 Å². The first-order valence-electron chi connectivity index (χ1n) is 8.48. The summed E-state index contributed by atoms with van der Waals surface area (Å²) in [6, 6.07) is 20.7. The third-order valence-corrected chi connectivity index (χ3v) is 6.21. The van der Waals surface area contributed by atoms with Crippen LogP contribution >= 0.6 is 34.4 Å². The molecule has 0 unspecified atom stereocenters. The van der Waals surface area contributed by atoms with Gasteiger partial charge in [0.1, 0.15) is 22.4 Å². The van der Waals surface area contributed by atoms with Gasteiger partial charge in [0.2, 0.25) is 0 Å². The summed E-state index contributed by atoms with van der Waals surface area (Å²) in [5, 5.41) is 10.6. The zero-order chi connectivity index (χ0) is 22.1. The summed E-state index contributed by atoms with van der Waals surface area (Å²) in [6.45, 7) is 2.32. The van der Waals surface area contributed by atoms with Crippen LogP contribution in [0.4, 0.5) is 5.69 Å². The molecule has 0 aromatic heterocycles. The Balaban J connectivity index is -0.000000537. The summed E-state index contributed by atoms with van der Waals surface area (Å²) in [7, 11) is -3.62. The van der Waals surface area contributed by atoms with E-state index >= 15 is 0 Å². The van der Waals surface area contributed by atoms with Crippen molar-refractivity contribution in [3.63, 3.8) is 0 Å². The largest absolute Gasteiger partial charge is 1.00 e. The van der Waals surface area contributed by atoms with Gasteiger partial charge in [-0.25, -0.2) is 8.42 Å². The Hall–Kier alpha value is -1.33. The van der Waals surface area contributed by atoms with E-state index < -0.39 is 14.9 Å². The molecule has 0 heterocycles. The molecule has 3 aromatic rings. The van der Waals surface area contributed by atoms with Crippen molar-refractivity contribution in [3.8, 4) is 5.75 Å². The summed E-state index contributed by atoms with van der Waals surface area (Å²) in [5.41, 5.74) is 2.13. The predicted octanol–water partition coefficient (Wildman–Crippen LogP) is 0.520. The fraction of sp³-hybridized carbons (Fsp3) is 0.100. The maximum atomic E-state index is 11.0. The second-order valence-electron chi connectivity index (χ2n) is 6.00. The Morgan fingerprint density at radius 1 is 1.00 bits per heavy atom. The van der Waals surface area contributed by atoms with Crippen molar-refractivity contribution in [1.29, 1.82) is 0 Å². The predicted molar refractivity (Wildman–Crippen MR) is 135 cm³/mol. The first-order valence-corrected chi connectivity index (χ1v) is 11.3. The van der Waals surface area contributed by atoms with Gasteiger partial charge in [0.25, 0.3) is 5.69 Å². The van der Waals surface area contributed by atoms with Crippen LogP contribution in [0, 0.1) is 20.6 Å². The molecule has 0 spiro atoms. The third-order valence-electron chi connectivity index (χ3n) is 3.77. The average molecular weight is 637 g/mol. The topological polar surface area (TPSA) is 195 Å². The normalized spacial score (nSPS) is 9.38. The zero-order valence-electron chi connectivity index (χ0n) is 18.2. The summed E-state index contributed by atoms with van der Waals surface area (Å²) in [5.74, 6) is 0.657. The molecule has 0 aliphatic rings. The molecule has 14 heteroatoms. The van der Waals surface area contributed by atoms with E-state index in [1.165, 1.54) is 24.3 Å². The number of non-ortho nitro benzene ring substituents is 1. The molecule has 0 aliphatic carbocycles. The molecule has 0 saturated carbocycles. The van der Waals surface area contributed by atoms with Crippen molar-refractivity contribution in [2.24, 2.45) is 0 Å². The van der Waals surface area contributed by atoms with Gasteiger partial charge in [-0.15, -0.1) is 0 Å². The van der Waals surface area contributed by atoms with Gasteiger partial charge in [0, 0.05) is 17.0 Å². The number of ether oxygens (including phenoxy) is 1. The molecule has 3 aromatic carbocycles. The summed E-state index contributed by atoms with van der Waals surface area (Å²) < 4.78 is 31.2. The van der Waals surface area contributed by atoms with Crippen LogP contribution in [0.2, 0.25) is 0 Å². The van der Waals surface area contributed by atoms with Crippen molar-refractivity contribution in [1.82, 2.24) is 0 Å². The van der Waals surface area contributed by atoms with Crippen molar-refractivity contribution >= 4 is 50.1 Å². The molecular weight excluding hydrogens is 614 g/mol. The number of aryl methyl sites for hydroxylation is 1. The Morgan fingerprint density at radius 3 is 2.03 bits per heavy atom. The Kier molecular flexibility index (Phi) is 19.7. The molecule has 3 rings (SSSR count). The Bertz CT molecular complexity index is 1110. The molecule has 0 radical (unpaired) electrons. The van der Waals surface area contributed by atoms with Crippen LogP contribution in [-0.4, -0.2) is 29.8 Å². The van der Waals surface area contributed by atoms with Gasteiger partial charge in [-0.2, -0.15) is 0 Å². The molecule has 34 heavy (non-hydrogen) atoms. The average Bonchev–Trinajstić information content (AvgIpc) is 2.74. The number of halogens is 2. The number of nitro benzene ring substituents is 1. The number of benzene rings is 3. The second-order valence-corrected chi connectivity index (χ2v) is 9.14. The molecule has 182 valence electrons. The number of nitrogens with zero attached hydrogens (tertiary/aromatic N) is 2. The fourth-order valence-corrected chi connectivity index (χ4v) is 3.66. The van der Waals surface area contributed by atoms with Gasteiger partial charge < -0.3 is 25.4 Å². The smallest absolute Gasteiger partial charge is 0.488 e. The third kappa shape index (κ3) is 11.9. The summed E-state index contributed by atoms with van der Waals surface area (Å²) in [4.78, 5) is 10.3. The number of nitro groups is 1. The van der Waals surface area contributed by atoms with E-state index in [0.29, 0.717) is 12.4 Å². The summed E-state index contributed by atoms with van der Waals surface area (Å²) in [6.07, 6.45) is 0. The number of sulfonamides is 1. The minimum atomic E-state index is -3.62.